The zero-order valence-electron chi connectivity index (χ0n) is 61.1. The van der Waals surface area contributed by atoms with Crippen LogP contribution in [0.1, 0.15) is 27.2 Å². The van der Waals surface area contributed by atoms with Crippen molar-refractivity contribution >= 4 is 23.7 Å². The number of aliphatic hydroxyl groups is 27. The van der Waals surface area contributed by atoms with E-state index in [9.17, 15) is 162 Å². The van der Waals surface area contributed by atoms with E-state index >= 15 is 0 Å². The van der Waals surface area contributed by atoms with Crippen LogP contribution in [0.25, 0.3) is 0 Å². The van der Waals surface area contributed by atoms with E-state index in [0.29, 0.717) is 0 Å². The van der Waals surface area contributed by atoms with Gasteiger partial charge in [-0.25, -0.2) is 4.79 Å². The molecule has 0 aromatic carbocycles. The average molecular weight is 1690 g/mol. The first-order valence-corrected chi connectivity index (χ1v) is 36.3. The van der Waals surface area contributed by atoms with Crippen molar-refractivity contribution in [2.45, 2.75) is 309 Å². The van der Waals surface area contributed by atoms with E-state index in [1.807, 2.05) is 0 Å². The monoisotopic (exact) mass is 1690 g/mol. The minimum atomic E-state index is -3.30. The highest BCUT2D eigenvalue weighted by Gasteiger charge is 2.63. The third-order valence-corrected chi connectivity index (χ3v) is 20.9. The van der Waals surface area contributed by atoms with Gasteiger partial charge < -0.3 is 239 Å². The molecule has 3 amide bonds. The van der Waals surface area contributed by atoms with Crippen molar-refractivity contribution in [1.29, 1.82) is 0 Å². The fourth-order valence-electron chi connectivity index (χ4n) is 14.7. The molecule has 9 fully saturated rings. The Hall–Kier alpha value is -3.88. The fourth-order valence-corrected chi connectivity index (χ4v) is 14.7. The molecule has 0 spiro atoms. The number of hydrogen-bond donors (Lipinski definition) is 31. The Morgan fingerprint density at radius 2 is 0.704 bits per heavy atom. The van der Waals surface area contributed by atoms with Gasteiger partial charge in [-0.3, -0.25) is 14.4 Å². The van der Waals surface area contributed by atoms with E-state index in [1.54, 1.807) is 0 Å². The second-order valence-electron chi connectivity index (χ2n) is 28.9. The van der Waals surface area contributed by atoms with Gasteiger partial charge in [0.05, 0.1) is 71.6 Å². The summed E-state index contributed by atoms with van der Waals surface area (Å²) in [4.78, 5) is 51.3. The Kier molecular flexibility index (Phi) is 33.7. The van der Waals surface area contributed by atoms with E-state index in [-0.39, 0.29) is 0 Å². The van der Waals surface area contributed by atoms with Crippen LogP contribution in [0.5, 0.6) is 0 Å². The lowest BCUT2D eigenvalue weighted by Gasteiger charge is -2.51. The molecule has 0 saturated carbocycles. The quantitative estimate of drug-likeness (QED) is 0.0306. The minimum absolute atomic E-state index is 0.870. The maximum atomic E-state index is 13.2. The molecule has 9 rings (SSSR count). The van der Waals surface area contributed by atoms with Crippen molar-refractivity contribution in [1.82, 2.24) is 16.0 Å². The van der Waals surface area contributed by atoms with Crippen LogP contribution in [0, 0.1) is 0 Å². The fraction of sp³-hybridized carbons (Fsp3) is 0.937. The maximum Gasteiger partial charge on any atom is 0.364 e. The molecular weight excluding hydrogens is 1580 g/mol. The molecule has 0 unspecified atom stereocenters. The third kappa shape index (κ3) is 20.6. The van der Waals surface area contributed by atoms with Crippen molar-refractivity contribution in [2.75, 3.05) is 59.5 Å². The minimum Gasteiger partial charge on any atom is -0.477 e. The summed E-state index contributed by atoms with van der Waals surface area (Å²) in [6, 6.07) is -5.73. The molecule has 9 aliphatic rings. The van der Waals surface area contributed by atoms with Crippen molar-refractivity contribution in [3.63, 3.8) is 0 Å². The number of rotatable bonds is 31. The standard InChI is InChI=1S/C63H105N3O49/c1-14(75)64-27-17(78)4-63(62(97)98,114-49(27)30(80)18(79)5-67)115-51-34(84)22(9-71)102-59(45(51)95)109-47-25(12-74)106-56(29(37(47)87)66-16(3)77)113-53-40(90)33(83)21(8-70)104-61(53)111-50-35(85)26(107-58(44(50)94)110-48-23(10-72)100-54(96)42(92)41(48)91)13-99-60-52(39(89)32(82)20(7-69)103-60)112-55-28(65-15(2)76)36(86)46(24(11-73)105-55)108-57-43(93)38(88)31(81)19(6-68)101-57/h17-61,67-74,78-96H,4-13H2,1-3H3,(H,64,75)(H,65,76)(H,66,77)(H,97,98)/t17-,18+,19+,20+,21+,22+,23+,24+,25+,26+,27+,28+,29+,30+,31-,32+,33+,34-,35+,36+,37+,38-,39-,40-,41+,42+,43+,44-,45+,46+,47+,48+,49+,50-,51-,52-,53-,54+,55-,56-,57-,58-,59-,60-,61+,63-/m0/s1. The van der Waals surface area contributed by atoms with Gasteiger partial charge in [0.1, 0.15) is 214 Å². The van der Waals surface area contributed by atoms with Crippen molar-refractivity contribution in [2.24, 2.45) is 0 Å². The molecule has 0 aromatic rings. The molecule has 9 saturated heterocycles. The summed E-state index contributed by atoms with van der Waals surface area (Å²) in [5.41, 5.74) is 0. The molecule has 0 bridgehead atoms. The van der Waals surface area contributed by atoms with Crippen molar-refractivity contribution < 1.29 is 243 Å². The first kappa shape index (κ1) is 95.0. The van der Waals surface area contributed by atoms with Gasteiger partial charge in [0.15, 0.2) is 50.3 Å². The summed E-state index contributed by atoms with van der Waals surface area (Å²) in [5, 5.41) is 315. The first-order valence-electron chi connectivity index (χ1n) is 36.3. The lowest BCUT2D eigenvalue weighted by molar-refractivity contribution is -0.401. The molecule has 9 aliphatic heterocycles. The van der Waals surface area contributed by atoms with Crippen molar-refractivity contribution in [3.8, 4) is 0 Å². The second-order valence-corrected chi connectivity index (χ2v) is 28.9. The summed E-state index contributed by atoms with van der Waals surface area (Å²) in [5.74, 6) is -8.30. The van der Waals surface area contributed by atoms with Crippen LogP contribution in [0.4, 0.5) is 0 Å². The molecule has 31 N–H and O–H groups in total. The Morgan fingerprint density at radius 1 is 0.357 bits per heavy atom. The number of nitrogens with one attached hydrogen (secondary N) is 3. The van der Waals surface area contributed by atoms with Crippen LogP contribution in [0.15, 0.2) is 0 Å². The Bertz CT molecular complexity index is 3080. The lowest BCUT2D eigenvalue weighted by atomic mass is 9.88. The molecule has 46 atom stereocenters. The number of aliphatic hydroxyl groups excluding tert-OH is 27. The van der Waals surface area contributed by atoms with E-state index in [1.165, 1.54) is 0 Å². The van der Waals surface area contributed by atoms with E-state index < -0.39 is 371 Å². The molecule has 52 heteroatoms. The zero-order chi connectivity index (χ0) is 85.0. The second kappa shape index (κ2) is 40.9. The predicted molar refractivity (Wildman–Crippen MR) is 349 cm³/mol. The number of carboxylic acids is 1. The third-order valence-electron chi connectivity index (χ3n) is 20.9. The molecular formula is C63H105N3O49. The van der Waals surface area contributed by atoms with Gasteiger partial charge >= 0.3 is 5.97 Å². The summed E-state index contributed by atoms with van der Waals surface area (Å²) in [6.45, 7) is -7.60. The Balaban J connectivity index is 0.995. The molecule has 52 nitrogen and oxygen atoms in total. The van der Waals surface area contributed by atoms with Gasteiger partial charge in [0.2, 0.25) is 17.7 Å². The van der Waals surface area contributed by atoms with Gasteiger partial charge in [0, 0.05) is 27.2 Å². The van der Waals surface area contributed by atoms with E-state index in [2.05, 4.69) is 16.0 Å². The first-order chi connectivity index (χ1) is 54.3. The maximum absolute atomic E-state index is 13.2. The summed E-state index contributed by atoms with van der Waals surface area (Å²) >= 11 is 0. The number of carbonyl (C=O) groups is 4. The number of carboxylic acid groups (broad SMARTS) is 1. The molecule has 0 aliphatic carbocycles. The van der Waals surface area contributed by atoms with Gasteiger partial charge in [-0.05, 0) is 0 Å². The number of hydrogen-bond acceptors (Lipinski definition) is 48. The predicted octanol–water partition coefficient (Wildman–Crippen LogP) is -21.0. The van der Waals surface area contributed by atoms with E-state index in [0.717, 1.165) is 20.8 Å². The number of ether oxygens (including phenoxy) is 17. The van der Waals surface area contributed by atoms with Crippen LogP contribution < -0.4 is 16.0 Å². The van der Waals surface area contributed by atoms with Crippen LogP contribution in [-0.4, -0.2) is 508 Å². The number of aliphatic carboxylic acids is 1. The molecule has 0 aromatic heterocycles. The van der Waals surface area contributed by atoms with Crippen molar-refractivity contribution in [3.05, 3.63) is 0 Å². The topological polar surface area (TPSA) is 828 Å². The molecule has 9 heterocycles. The largest absolute Gasteiger partial charge is 0.477 e. The van der Waals surface area contributed by atoms with Crippen LogP contribution in [0.3, 0.4) is 0 Å². The smallest absolute Gasteiger partial charge is 0.364 e. The highest BCUT2D eigenvalue weighted by atomic mass is 16.8. The summed E-state index contributed by atoms with van der Waals surface area (Å²) in [6.07, 6.45) is -92.4. The highest BCUT2D eigenvalue weighted by Crippen LogP contribution is 2.42. The Labute approximate surface area is 649 Å². The molecule has 666 valence electrons. The Morgan fingerprint density at radius 3 is 1.16 bits per heavy atom. The van der Waals surface area contributed by atoms with Gasteiger partial charge in [-0.15, -0.1) is 0 Å². The lowest BCUT2D eigenvalue weighted by Crippen LogP contribution is -2.71. The number of carbonyl (C=O) groups excluding carboxylic acids is 3. The number of amides is 3. The molecule has 0 radical (unpaired) electrons. The molecule has 115 heavy (non-hydrogen) atoms. The van der Waals surface area contributed by atoms with Gasteiger partial charge in [-0.2, -0.15) is 0 Å². The van der Waals surface area contributed by atoms with E-state index in [4.69, 9.17) is 80.5 Å². The van der Waals surface area contributed by atoms with Crippen LogP contribution in [-0.2, 0) is 99.7 Å². The van der Waals surface area contributed by atoms with Crippen LogP contribution in [0.2, 0.25) is 0 Å². The van der Waals surface area contributed by atoms with Crippen LogP contribution >= 0.6 is 0 Å². The van der Waals surface area contributed by atoms with Gasteiger partial charge in [-0.1, -0.05) is 0 Å². The highest BCUT2D eigenvalue weighted by molar-refractivity contribution is 5.77. The summed E-state index contributed by atoms with van der Waals surface area (Å²) < 4.78 is 99.3. The zero-order valence-corrected chi connectivity index (χ0v) is 61.1. The SMILES string of the molecule is CC(=O)N[C@H]1[C@H](O[C@@H]2[C@@H](OC[C@H]3O[C@@H](O[C@H]4[C@H](O)[C@@H](O)[C@H](O)O[C@@H]4CO)[C@@H](O)[C@@H](O[C@H]4O[C@H](CO)[C@@H](O)[C@H](O)[C@@H]4O[C@@H]4O[C@H](CO)[C@@H](O[C@@H]5O[C@H](CO)[C@H](O)[C@H](O[C@]6(C(=O)O)C[C@H](O)[C@@H](NC(C)=O)[C@H]([C@H](O)[C@H](O)CO)O6)[C@H]5O)[C@H](O)[C@H]4NC(C)=O)[C@@H]3O)O[C@H](CO)[C@@H](O)[C@@H]2O)O[C@H](CO)[C@@H](O[C@@H]2O[C@H](CO)[C@H](O)[C@H](O)[C@H]2O)[C@@H]1O. The summed E-state index contributed by atoms with van der Waals surface area (Å²) in [7, 11) is 0. The average Bonchev–Trinajstić information content (AvgIpc) is 0.730. The van der Waals surface area contributed by atoms with Gasteiger partial charge in [0.25, 0.3) is 5.79 Å². The normalized spacial score (nSPS) is 48.6.